The summed E-state index contributed by atoms with van der Waals surface area (Å²) in [5.41, 5.74) is 2.14. The van der Waals surface area contributed by atoms with Gasteiger partial charge in [-0.15, -0.1) is 0 Å². The highest BCUT2D eigenvalue weighted by molar-refractivity contribution is 8.26. The highest BCUT2D eigenvalue weighted by Crippen LogP contribution is 2.32. The Bertz CT molecular complexity index is 923. The molecule has 0 radical (unpaired) electrons. The van der Waals surface area contributed by atoms with Gasteiger partial charge in [-0.3, -0.25) is 9.69 Å². The summed E-state index contributed by atoms with van der Waals surface area (Å²) in [5.74, 6) is 1.31. The van der Waals surface area contributed by atoms with Crippen LogP contribution in [0, 0.1) is 0 Å². The molecule has 0 spiro atoms. The normalized spacial score (nSPS) is 15.6. The third kappa shape index (κ3) is 4.82. The molecule has 2 aromatic rings. The predicted octanol–water partition coefficient (Wildman–Crippen LogP) is 4.70. The monoisotopic (exact) mass is 411 g/mol. The zero-order chi connectivity index (χ0) is 19.9. The number of amides is 1. The Labute approximate surface area is 174 Å². The van der Waals surface area contributed by atoms with E-state index in [0.29, 0.717) is 33.7 Å². The number of hydrogen-bond acceptors (Lipinski definition) is 5. The minimum Gasteiger partial charge on any atom is -0.493 e. The zero-order valence-corrected chi connectivity index (χ0v) is 17.4. The molecule has 0 unspecified atom stereocenters. The van der Waals surface area contributed by atoms with E-state index in [2.05, 4.69) is 0 Å². The quantitative estimate of drug-likeness (QED) is 0.488. The van der Waals surface area contributed by atoms with Gasteiger partial charge < -0.3 is 9.47 Å². The summed E-state index contributed by atoms with van der Waals surface area (Å²) in [5, 5.41) is 0. The van der Waals surface area contributed by atoms with Gasteiger partial charge in [0.2, 0.25) is 0 Å². The average molecular weight is 412 g/mol. The average Bonchev–Trinajstić information content (AvgIpc) is 2.99. The Morgan fingerprint density at radius 2 is 1.82 bits per heavy atom. The molecule has 3 rings (SSSR count). The van der Waals surface area contributed by atoms with Crippen LogP contribution in [0.5, 0.6) is 11.5 Å². The van der Waals surface area contributed by atoms with Crippen LogP contribution in [-0.2, 0) is 11.2 Å². The fourth-order valence-corrected chi connectivity index (χ4v) is 4.05. The standard InChI is InChI=1S/C22H21NO3S2/c1-25-18-12-11-17(15-19(18)26-2)13-14-23-21(24)20(28-22(23)27)10-6-9-16-7-4-3-5-8-16/h3-12,15H,13-14H2,1-2H3. The molecule has 0 aromatic heterocycles. The lowest BCUT2D eigenvalue weighted by Gasteiger charge is -2.15. The van der Waals surface area contributed by atoms with Crippen LogP contribution < -0.4 is 9.47 Å². The maximum atomic E-state index is 12.7. The lowest BCUT2D eigenvalue weighted by atomic mass is 10.1. The molecule has 0 atom stereocenters. The lowest BCUT2D eigenvalue weighted by molar-refractivity contribution is -0.122. The maximum Gasteiger partial charge on any atom is 0.266 e. The molecule has 6 heteroatoms. The number of ether oxygens (including phenoxy) is 2. The van der Waals surface area contributed by atoms with Crippen molar-refractivity contribution >= 4 is 40.3 Å². The van der Waals surface area contributed by atoms with Crippen LogP contribution in [0.3, 0.4) is 0 Å². The molecule has 28 heavy (non-hydrogen) atoms. The second-order valence-electron chi connectivity index (χ2n) is 6.06. The number of thioether (sulfide) groups is 1. The zero-order valence-electron chi connectivity index (χ0n) is 15.8. The number of thiocarbonyl (C=S) groups is 1. The van der Waals surface area contributed by atoms with Gasteiger partial charge in [-0.2, -0.15) is 0 Å². The molecule has 1 aliphatic heterocycles. The molecule has 0 bridgehead atoms. The van der Waals surface area contributed by atoms with Gasteiger partial charge in [0.15, 0.2) is 11.5 Å². The van der Waals surface area contributed by atoms with E-state index in [4.69, 9.17) is 21.7 Å². The summed E-state index contributed by atoms with van der Waals surface area (Å²) in [4.78, 5) is 15.0. The summed E-state index contributed by atoms with van der Waals surface area (Å²) >= 11 is 6.74. The Morgan fingerprint density at radius 1 is 1.07 bits per heavy atom. The smallest absolute Gasteiger partial charge is 0.266 e. The van der Waals surface area contributed by atoms with Crippen LogP contribution in [-0.4, -0.2) is 35.9 Å². The van der Waals surface area contributed by atoms with E-state index in [1.165, 1.54) is 11.8 Å². The van der Waals surface area contributed by atoms with E-state index in [1.54, 1.807) is 19.1 Å². The summed E-state index contributed by atoms with van der Waals surface area (Å²) in [6, 6.07) is 15.7. The topological polar surface area (TPSA) is 38.8 Å². The largest absolute Gasteiger partial charge is 0.493 e. The van der Waals surface area contributed by atoms with E-state index in [-0.39, 0.29) is 5.91 Å². The third-order valence-electron chi connectivity index (χ3n) is 4.28. The van der Waals surface area contributed by atoms with Crippen LogP contribution in [0.25, 0.3) is 6.08 Å². The van der Waals surface area contributed by atoms with Gasteiger partial charge in [-0.1, -0.05) is 72.5 Å². The third-order valence-corrected chi connectivity index (χ3v) is 5.68. The molecule has 0 saturated carbocycles. The van der Waals surface area contributed by atoms with Crippen LogP contribution in [0.2, 0.25) is 0 Å². The molecule has 1 heterocycles. The number of hydrogen-bond donors (Lipinski definition) is 0. The van der Waals surface area contributed by atoms with E-state index in [0.717, 1.165) is 11.1 Å². The molecular formula is C22H21NO3S2. The molecule has 1 saturated heterocycles. The Balaban J connectivity index is 1.64. The van der Waals surface area contributed by atoms with E-state index >= 15 is 0 Å². The SMILES string of the molecule is COc1ccc(CCN2C(=O)C(=CC=Cc3ccccc3)SC2=S)cc1OC. The van der Waals surface area contributed by atoms with Crippen LogP contribution in [0.15, 0.2) is 65.6 Å². The fourth-order valence-electron chi connectivity index (χ4n) is 2.79. The molecule has 1 fully saturated rings. The van der Waals surface area contributed by atoms with Crippen molar-refractivity contribution in [3.63, 3.8) is 0 Å². The number of rotatable bonds is 7. The lowest BCUT2D eigenvalue weighted by Crippen LogP contribution is -2.30. The molecule has 1 amide bonds. The summed E-state index contributed by atoms with van der Waals surface area (Å²) < 4.78 is 11.2. The van der Waals surface area contributed by atoms with Crippen LogP contribution in [0.4, 0.5) is 0 Å². The molecule has 0 N–H and O–H groups in total. The van der Waals surface area contributed by atoms with Crippen molar-refractivity contribution in [2.24, 2.45) is 0 Å². The van der Waals surface area contributed by atoms with Gasteiger partial charge >= 0.3 is 0 Å². The number of carbonyl (C=O) groups excluding carboxylic acids is 1. The number of benzene rings is 2. The van der Waals surface area contributed by atoms with Gasteiger partial charge in [0.25, 0.3) is 5.91 Å². The Morgan fingerprint density at radius 3 is 2.54 bits per heavy atom. The van der Waals surface area contributed by atoms with Crippen molar-refractivity contribution in [1.82, 2.24) is 4.90 Å². The maximum absolute atomic E-state index is 12.7. The van der Waals surface area contributed by atoms with Gasteiger partial charge in [0.1, 0.15) is 4.32 Å². The van der Waals surface area contributed by atoms with Crippen molar-refractivity contribution in [2.45, 2.75) is 6.42 Å². The first kappa shape index (κ1) is 20.2. The van der Waals surface area contributed by atoms with Gasteiger partial charge in [0, 0.05) is 6.54 Å². The minimum atomic E-state index is -0.0480. The summed E-state index contributed by atoms with van der Waals surface area (Å²) in [7, 11) is 3.22. The van der Waals surface area contributed by atoms with Crippen LogP contribution >= 0.6 is 24.0 Å². The van der Waals surface area contributed by atoms with Crippen molar-refractivity contribution in [1.29, 1.82) is 0 Å². The second-order valence-corrected chi connectivity index (χ2v) is 7.74. The fraction of sp³-hybridized carbons (Fsp3) is 0.182. The van der Waals surface area contributed by atoms with E-state index in [9.17, 15) is 4.79 Å². The van der Waals surface area contributed by atoms with Crippen molar-refractivity contribution in [2.75, 3.05) is 20.8 Å². The van der Waals surface area contributed by atoms with Crippen molar-refractivity contribution in [3.05, 3.63) is 76.7 Å². The number of nitrogens with zero attached hydrogens (tertiary/aromatic N) is 1. The molecule has 0 aliphatic carbocycles. The minimum absolute atomic E-state index is 0.0480. The molecule has 1 aliphatic rings. The number of allylic oxidation sites excluding steroid dienone is 2. The number of carbonyl (C=O) groups is 1. The molecule has 2 aromatic carbocycles. The highest BCUT2D eigenvalue weighted by Gasteiger charge is 2.31. The first-order valence-corrected chi connectivity index (χ1v) is 10.0. The molecule has 144 valence electrons. The van der Waals surface area contributed by atoms with Gasteiger partial charge in [0.05, 0.1) is 19.1 Å². The highest BCUT2D eigenvalue weighted by atomic mass is 32.2. The first-order valence-electron chi connectivity index (χ1n) is 8.80. The van der Waals surface area contributed by atoms with Crippen molar-refractivity contribution in [3.8, 4) is 11.5 Å². The first-order chi connectivity index (χ1) is 13.6. The Hall–Kier alpha value is -2.57. The second kappa shape index (κ2) is 9.57. The van der Waals surface area contributed by atoms with Gasteiger partial charge in [-0.05, 0) is 35.8 Å². The van der Waals surface area contributed by atoms with Crippen LogP contribution in [0.1, 0.15) is 11.1 Å². The summed E-state index contributed by atoms with van der Waals surface area (Å²) in [6.45, 7) is 0.528. The summed E-state index contributed by atoms with van der Waals surface area (Å²) in [6.07, 6.45) is 6.36. The predicted molar refractivity (Wildman–Crippen MR) is 119 cm³/mol. The van der Waals surface area contributed by atoms with Crippen molar-refractivity contribution < 1.29 is 14.3 Å². The molecular weight excluding hydrogens is 390 g/mol. The van der Waals surface area contributed by atoms with Gasteiger partial charge in [-0.25, -0.2) is 0 Å². The Kier molecular flexibility index (Phi) is 6.90. The number of methoxy groups -OCH3 is 2. The van der Waals surface area contributed by atoms with E-state index in [1.807, 2.05) is 66.8 Å². The molecule has 4 nitrogen and oxygen atoms in total. The van der Waals surface area contributed by atoms with E-state index < -0.39 is 0 Å².